The maximum absolute atomic E-state index is 11.9. The van der Waals surface area contributed by atoms with Gasteiger partial charge in [0.05, 0.1) is 6.54 Å². The van der Waals surface area contributed by atoms with Gasteiger partial charge in [0.1, 0.15) is 0 Å². The van der Waals surface area contributed by atoms with Crippen molar-refractivity contribution in [1.29, 1.82) is 0 Å². The molecule has 1 aliphatic heterocycles. The van der Waals surface area contributed by atoms with E-state index in [1.165, 1.54) is 0 Å². The topological polar surface area (TPSA) is 50.3 Å². The Hall–Kier alpha value is -1.71. The zero-order valence-corrected chi connectivity index (χ0v) is 9.76. The molecule has 0 aliphatic carbocycles. The van der Waals surface area contributed by atoms with Crippen molar-refractivity contribution in [2.24, 2.45) is 0 Å². The second kappa shape index (κ2) is 5.57. The van der Waals surface area contributed by atoms with Gasteiger partial charge in [-0.2, -0.15) is 0 Å². The number of nitrogens with zero attached hydrogens (tertiary/aromatic N) is 2. The number of ketones is 1. The van der Waals surface area contributed by atoms with Crippen LogP contribution in [0.3, 0.4) is 0 Å². The van der Waals surface area contributed by atoms with E-state index in [1.54, 1.807) is 11.1 Å². The summed E-state index contributed by atoms with van der Waals surface area (Å²) in [5, 5.41) is 0. The highest BCUT2D eigenvalue weighted by atomic mass is 16.2. The molecule has 0 saturated carbocycles. The van der Waals surface area contributed by atoms with E-state index >= 15 is 0 Å². The molecular formula is C13H16N2O2. The Balaban J connectivity index is 1.83. The lowest BCUT2D eigenvalue weighted by molar-refractivity contribution is -0.137. The van der Waals surface area contributed by atoms with Gasteiger partial charge in [0.15, 0.2) is 5.78 Å². The van der Waals surface area contributed by atoms with Crippen molar-refractivity contribution in [3.05, 3.63) is 30.1 Å². The van der Waals surface area contributed by atoms with Crippen LogP contribution in [0.1, 0.15) is 25.0 Å². The predicted molar refractivity (Wildman–Crippen MR) is 63.4 cm³/mol. The van der Waals surface area contributed by atoms with Crippen molar-refractivity contribution in [1.82, 2.24) is 9.88 Å². The van der Waals surface area contributed by atoms with Gasteiger partial charge >= 0.3 is 0 Å². The highest BCUT2D eigenvalue weighted by Gasteiger charge is 2.20. The quantitative estimate of drug-likeness (QED) is 0.787. The number of piperidine rings is 1. The lowest BCUT2D eigenvalue weighted by atomic mass is 10.1. The minimum Gasteiger partial charge on any atom is -0.335 e. The fourth-order valence-electron chi connectivity index (χ4n) is 1.99. The van der Waals surface area contributed by atoms with E-state index in [9.17, 15) is 9.59 Å². The molecule has 0 radical (unpaired) electrons. The largest absolute Gasteiger partial charge is 0.335 e. The molecule has 90 valence electrons. The van der Waals surface area contributed by atoms with Gasteiger partial charge in [0, 0.05) is 31.3 Å². The summed E-state index contributed by atoms with van der Waals surface area (Å²) in [7, 11) is 0. The number of aromatic nitrogens is 1. The number of amides is 1. The lowest BCUT2D eigenvalue weighted by Gasteiger charge is -2.25. The van der Waals surface area contributed by atoms with Crippen molar-refractivity contribution >= 4 is 11.7 Å². The summed E-state index contributed by atoms with van der Waals surface area (Å²) in [5.41, 5.74) is 0.921. The van der Waals surface area contributed by atoms with E-state index in [-0.39, 0.29) is 11.7 Å². The van der Waals surface area contributed by atoms with Crippen LogP contribution in [0.15, 0.2) is 24.4 Å². The number of Topliss-reactive ketones (excluding diaryl/α,β-unsaturated/α-hetero) is 1. The molecule has 2 heterocycles. The summed E-state index contributed by atoms with van der Waals surface area (Å²) in [6, 6.07) is 5.68. The van der Waals surface area contributed by atoms with Crippen molar-refractivity contribution in [2.75, 3.05) is 13.1 Å². The SMILES string of the molecule is O=C1CCCN(C(=O)CCc2ccccn2)C1. The number of hydrogen-bond donors (Lipinski definition) is 0. The summed E-state index contributed by atoms with van der Waals surface area (Å²) in [6.07, 6.45) is 4.22. The molecule has 1 amide bonds. The fraction of sp³-hybridized carbons (Fsp3) is 0.462. The predicted octanol–water partition coefficient (Wildman–Crippen LogP) is 1.21. The molecule has 1 aromatic rings. The highest BCUT2D eigenvalue weighted by molar-refractivity contribution is 5.87. The monoisotopic (exact) mass is 232 g/mol. The summed E-state index contributed by atoms with van der Waals surface area (Å²) < 4.78 is 0. The molecule has 1 fully saturated rings. The first-order chi connectivity index (χ1) is 8.25. The van der Waals surface area contributed by atoms with Crippen LogP contribution < -0.4 is 0 Å². The second-order valence-corrected chi connectivity index (χ2v) is 4.28. The van der Waals surface area contributed by atoms with Crippen molar-refractivity contribution in [3.8, 4) is 0 Å². The third kappa shape index (κ3) is 3.37. The summed E-state index contributed by atoms with van der Waals surface area (Å²) in [4.78, 5) is 28.9. The molecule has 0 bridgehead atoms. The molecule has 17 heavy (non-hydrogen) atoms. The highest BCUT2D eigenvalue weighted by Crippen LogP contribution is 2.09. The molecule has 4 heteroatoms. The summed E-state index contributed by atoms with van der Waals surface area (Å²) in [5.74, 6) is 0.228. The Labute approximate surface area is 101 Å². The lowest BCUT2D eigenvalue weighted by Crippen LogP contribution is -2.40. The Morgan fingerprint density at radius 1 is 1.41 bits per heavy atom. The maximum Gasteiger partial charge on any atom is 0.223 e. The van der Waals surface area contributed by atoms with Crippen LogP contribution in [-0.2, 0) is 16.0 Å². The van der Waals surface area contributed by atoms with Crippen LogP contribution in [0.2, 0.25) is 0 Å². The van der Waals surface area contributed by atoms with E-state index < -0.39 is 0 Å². The summed E-state index contributed by atoms with van der Waals surface area (Å²) in [6.45, 7) is 1.01. The number of aryl methyl sites for hydroxylation is 1. The standard InChI is InChI=1S/C13H16N2O2/c16-12-5-3-9-15(10-12)13(17)7-6-11-4-1-2-8-14-11/h1-2,4,8H,3,5-7,9-10H2. The van der Waals surface area contributed by atoms with Gasteiger partial charge in [-0.15, -0.1) is 0 Å². The van der Waals surface area contributed by atoms with Crippen molar-refractivity contribution < 1.29 is 9.59 Å². The number of carbonyl (C=O) groups is 2. The molecule has 4 nitrogen and oxygen atoms in total. The molecule has 0 spiro atoms. The molecule has 0 atom stereocenters. The Morgan fingerprint density at radius 2 is 2.29 bits per heavy atom. The first-order valence-electron chi connectivity index (χ1n) is 5.95. The average Bonchev–Trinajstić information content (AvgIpc) is 2.37. The fourth-order valence-corrected chi connectivity index (χ4v) is 1.99. The third-order valence-electron chi connectivity index (χ3n) is 2.92. The minimum absolute atomic E-state index is 0.0590. The summed E-state index contributed by atoms with van der Waals surface area (Å²) >= 11 is 0. The number of rotatable bonds is 3. The Morgan fingerprint density at radius 3 is 3.00 bits per heavy atom. The van der Waals surface area contributed by atoms with Gasteiger partial charge in [-0.05, 0) is 25.0 Å². The van der Waals surface area contributed by atoms with E-state index in [0.29, 0.717) is 32.4 Å². The van der Waals surface area contributed by atoms with E-state index in [0.717, 1.165) is 12.1 Å². The first kappa shape index (κ1) is 11.8. The maximum atomic E-state index is 11.9. The number of hydrogen-bond acceptors (Lipinski definition) is 3. The van der Waals surface area contributed by atoms with Crippen LogP contribution in [0, 0.1) is 0 Å². The molecule has 0 unspecified atom stereocenters. The van der Waals surface area contributed by atoms with Crippen LogP contribution >= 0.6 is 0 Å². The molecule has 1 aliphatic rings. The van der Waals surface area contributed by atoms with Gasteiger partial charge in [0.2, 0.25) is 5.91 Å². The molecule has 0 aromatic carbocycles. The zero-order valence-electron chi connectivity index (χ0n) is 9.76. The molecule has 0 N–H and O–H groups in total. The van der Waals surface area contributed by atoms with E-state index in [1.807, 2.05) is 18.2 Å². The number of carbonyl (C=O) groups excluding carboxylic acids is 2. The van der Waals surface area contributed by atoms with Crippen LogP contribution in [0.5, 0.6) is 0 Å². The minimum atomic E-state index is 0.0590. The molecule has 1 saturated heterocycles. The smallest absolute Gasteiger partial charge is 0.223 e. The van der Waals surface area contributed by atoms with Gasteiger partial charge < -0.3 is 4.90 Å². The Kier molecular flexibility index (Phi) is 3.85. The number of pyridine rings is 1. The first-order valence-corrected chi connectivity index (χ1v) is 5.95. The second-order valence-electron chi connectivity index (χ2n) is 4.28. The van der Waals surface area contributed by atoms with Crippen molar-refractivity contribution in [3.63, 3.8) is 0 Å². The zero-order chi connectivity index (χ0) is 12.1. The normalized spacial score (nSPS) is 16.0. The van der Waals surface area contributed by atoms with Crippen LogP contribution in [0.4, 0.5) is 0 Å². The average molecular weight is 232 g/mol. The van der Waals surface area contributed by atoms with E-state index in [2.05, 4.69) is 4.98 Å². The van der Waals surface area contributed by atoms with Gasteiger partial charge in [-0.1, -0.05) is 6.07 Å². The van der Waals surface area contributed by atoms with E-state index in [4.69, 9.17) is 0 Å². The van der Waals surface area contributed by atoms with Crippen LogP contribution in [-0.4, -0.2) is 34.7 Å². The third-order valence-corrected chi connectivity index (χ3v) is 2.92. The molecule has 1 aromatic heterocycles. The Bertz CT molecular complexity index is 403. The van der Waals surface area contributed by atoms with Gasteiger partial charge in [0.25, 0.3) is 0 Å². The van der Waals surface area contributed by atoms with Crippen LogP contribution in [0.25, 0.3) is 0 Å². The van der Waals surface area contributed by atoms with Gasteiger partial charge in [-0.25, -0.2) is 0 Å². The molecule has 2 rings (SSSR count). The molecular weight excluding hydrogens is 216 g/mol. The van der Waals surface area contributed by atoms with Gasteiger partial charge in [-0.3, -0.25) is 14.6 Å². The number of likely N-dealkylation sites (tertiary alicyclic amines) is 1. The van der Waals surface area contributed by atoms with Crippen molar-refractivity contribution in [2.45, 2.75) is 25.7 Å².